The molecule has 1 N–H and O–H groups in total. The topological polar surface area (TPSA) is 122 Å². The Hall–Kier alpha value is -3.30. The number of aryl methyl sites for hydroxylation is 1. The number of amides is 2. The van der Waals surface area contributed by atoms with E-state index >= 15 is 0 Å². The molecule has 1 aromatic heterocycles. The van der Waals surface area contributed by atoms with Crippen molar-refractivity contribution >= 4 is 17.8 Å². The van der Waals surface area contributed by atoms with Gasteiger partial charge in [-0.25, -0.2) is 0 Å². The number of hydrogen-bond acceptors (Lipinski definition) is 6. The van der Waals surface area contributed by atoms with Crippen LogP contribution >= 0.6 is 0 Å². The fourth-order valence-electron chi connectivity index (χ4n) is 4.43. The van der Waals surface area contributed by atoms with Gasteiger partial charge in [0.1, 0.15) is 0 Å². The van der Waals surface area contributed by atoms with Gasteiger partial charge in [-0.05, 0) is 30.2 Å². The summed E-state index contributed by atoms with van der Waals surface area (Å²) < 4.78 is 0. The Bertz CT molecular complexity index is 961. The number of nitrogens with zero attached hydrogens (tertiary/aromatic N) is 6. The molecule has 0 radical (unpaired) electrons. The van der Waals surface area contributed by atoms with E-state index in [4.69, 9.17) is 0 Å². The molecule has 1 aromatic carbocycles. The number of carboxylic acids is 1. The monoisotopic (exact) mass is 398 g/mol. The van der Waals surface area contributed by atoms with Crippen molar-refractivity contribution in [3.8, 4) is 11.4 Å². The van der Waals surface area contributed by atoms with Crippen molar-refractivity contribution in [1.29, 1.82) is 0 Å². The SMILES string of the molecule is CN1C(=O)CC(C(=O)O)C12CCN(C(=O)c1ccc(-c3nnn(C)n3)cc1)CC2. The lowest BCUT2D eigenvalue weighted by Crippen LogP contribution is -2.56. The van der Waals surface area contributed by atoms with Crippen LogP contribution in [0.5, 0.6) is 0 Å². The van der Waals surface area contributed by atoms with Crippen LogP contribution in [0.2, 0.25) is 0 Å². The molecule has 10 heteroatoms. The summed E-state index contributed by atoms with van der Waals surface area (Å²) in [5, 5.41) is 21.5. The lowest BCUT2D eigenvalue weighted by molar-refractivity contribution is -0.145. The number of tetrazole rings is 1. The molecule has 1 atom stereocenters. The largest absolute Gasteiger partial charge is 0.481 e. The highest BCUT2D eigenvalue weighted by Crippen LogP contribution is 2.43. The molecule has 2 fully saturated rings. The summed E-state index contributed by atoms with van der Waals surface area (Å²) in [6.45, 7) is 0.821. The lowest BCUT2D eigenvalue weighted by Gasteiger charge is -2.45. The third-order valence-corrected chi connectivity index (χ3v) is 6.18. The van der Waals surface area contributed by atoms with Gasteiger partial charge in [0.2, 0.25) is 11.7 Å². The summed E-state index contributed by atoms with van der Waals surface area (Å²) in [4.78, 5) is 41.4. The van der Waals surface area contributed by atoms with Crippen molar-refractivity contribution in [3.63, 3.8) is 0 Å². The van der Waals surface area contributed by atoms with Gasteiger partial charge in [-0.15, -0.1) is 10.2 Å². The lowest BCUT2D eigenvalue weighted by atomic mass is 9.77. The van der Waals surface area contributed by atoms with Crippen LogP contribution in [0.4, 0.5) is 0 Å². The first-order valence-corrected chi connectivity index (χ1v) is 9.45. The molecule has 1 unspecified atom stereocenters. The smallest absolute Gasteiger partial charge is 0.309 e. The summed E-state index contributed by atoms with van der Waals surface area (Å²) in [5.74, 6) is -1.45. The van der Waals surface area contributed by atoms with Gasteiger partial charge in [-0.3, -0.25) is 14.4 Å². The molecule has 1 spiro atoms. The Morgan fingerprint density at radius 2 is 1.79 bits per heavy atom. The van der Waals surface area contributed by atoms with Crippen molar-refractivity contribution in [2.24, 2.45) is 13.0 Å². The van der Waals surface area contributed by atoms with Crippen LogP contribution in [0.15, 0.2) is 24.3 Å². The highest BCUT2D eigenvalue weighted by molar-refractivity contribution is 5.95. The van der Waals surface area contributed by atoms with Crippen molar-refractivity contribution in [3.05, 3.63) is 29.8 Å². The van der Waals surface area contributed by atoms with Crippen LogP contribution in [0.1, 0.15) is 29.6 Å². The number of piperidine rings is 1. The Morgan fingerprint density at radius 1 is 1.14 bits per heavy atom. The molecular weight excluding hydrogens is 376 g/mol. The van der Waals surface area contributed by atoms with Crippen LogP contribution in [0, 0.1) is 5.92 Å². The molecule has 2 aliphatic rings. The fraction of sp³-hybridized carbons (Fsp3) is 0.474. The Balaban J connectivity index is 1.46. The first-order valence-electron chi connectivity index (χ1n) is 9.45. The van der Waals surface area contributed by atoms with E-state index in [1.54, 1.807) is 48.2 Å². The summed E-state index contributed by atoms with van der Waals surface area (Å²) in [5.41, 5.74) is 0.600. The van der Waals surface area contributed by atoms with Crippen LogP contribution in [-0.2, 0) is 16.6 Å². The zero-order valence-electron chi connectivity index (χ0n) is 16.3. The minimum atomic E-state index is -0.948. The van der Waals surface area contributed by atoms with Crippen molar-refractivity contribution < 1.29 is 19.5 Å². The highest BCUT2D eigenvalue weighted by atomic mass is 16.4. The average Bonchev–Trinajstić information content (AvgIpc) is 3.26. The van der Waals surface area contributed by atoms with E-state index in [0.717, 1.165) is 5.56 Å². The number of carbonyl (C=O) groups excluding carboxylic acids is 2. The van der Waals surface area contributed by atoms with Gasteiger partial charge in [-0.2, -0.15) is 4.80 Å². The summed E-state index contributed by atoms with van der Waals surface area (Å²) >= 11 is 0. The second kappa shape index (κ2) is 6.94. The second-order valence-electron chi connectivity index (χ2n) is 7.62. The third kappa shape index (κ3) is 3.14. The summed E-state index contributed by atoms with van der Waals surface area (Å²) in [6.07, 6.45) is 0.941. The summed E-state index contributed by atoms with van der Waals surface area (Å²) in [7, 11) is 3.35. The van der Waals surface area contributed by atoms with E-state index < -0.39 is 17.4 Å². The van der Waals surface area contributed by atoms with E-state index in [2.05, 4.69) is 15.4 Å². The molecule has 0 saturated carbocycles. The number of aromatic nitrogens is 4. The maximum Gasteiger partial charge on any atom is 0.309 e. The van der Waals surface area contributed by atoms with Gasteiger partial charge in [0.25, 0.3) is 5.91 Å². The second-order valence-corrected chi connectivity index (χ2v) is 7.62. The molecule has 0 aliphatic carbocycles. The van der Waals surface area contributed by atoms with Crippen molar-refractivity contribution in [2.45, 2.75) is 24.8 Å². The molecule has 10 nitrogen and oxygen atoms in total. The molecule has 29 heavy (non-hydrogen) atoms. The molecule has 2 aromatic rings. The predicted octanol–water partition coefficient (Wildman–Crippen LogP) is 0.415. The first-order chi connectivity index (χ1) is 13.8. The highest BCUT2D eigenvalue weighted by Gasteiger charge is 2.55. The van der Waals surface area contributed by atoms with Gasteiger partial charge in [0.05, 0.1) is 18.5 Å². The number of hydrogen-bond donors (Lipinski definition) is 1. The van der Waals surface area contributed by atoms with Gasteiger partial charge < -0.3 is 14.9 Å². The molecular formula is C19H22N6O4. The predicted molar refractivity (Wildman–Crippen MR) is 101 cm³/mol. The molecule has 3 heterocycles. The normalized spacial score (nSPS) is 21.0. The van der Waals surface area contributed by atoms with Gasteiger partial charge in [-0.1, -0.05) is 12.1 Å². The number of carbonyl (C=O) groups is 3. The molecule has 2 amide bonds. The quantitative estimate of drug-likeness (QED) is 0.795. The van der Waals surface area contributed by atoms with E-state index in [0.29, 0.717) is 37.3 Å². The minimum absolute atomic E-state index is 0.0255. The number of rotatable bonds is 3. The zero-order chi connectivity index (χ0) is 20.8. The summed E-state index contributed by atoms with van der Waals surface area (Å²) in [6, 6.07) is 7.01. The van der Waals surface area contributed by atoms with Crippen LogP contribution in [0.3, 0.4) is 0 Å². The molecule has 0 bridgehead atoms. The Labute approximate surface area is 167 Å². The van der Waals surface area contributed by atoms with Crippen molar-refractivity contribution in [2.75, 3.05) is 20.1 Å². The standard InChI is InChI=1S/C19H22N6O4/c1-23-15(26)11-14(18(28)29)19(23)7-9-25(10-8-19)17(27)13-5-3-12(4-6-13)16-20-22-24(2)21-16/h3-6,14H,7-11H2,1-2H3,(H,28,29). The molecule has 152 valence electrons. The molecule has 2 aliphatic heterocycles. The van der Waals surface area contributed by atoms with E-state index in [1.807, 2.05) is 0 Å². The van der Waals surface area contributed by atoms with E-state index in [9.17, 15) is 19.5 Å². The van der Waals surface area contributed by atoms with Gasteiger partial charge >= 0.3 is 5.97 Å². The average molecular weight is 398 g/mol. The maximum absolute atomic E-state index is 12.9. The zero-order valence-corrected chi connectivity index (χ0v) is 16.3. The molecule has 2 saturated heterocycles. The number of likely N-dealkylation sites (tertiary alicyclic amines) is 2. The first kappa shape index (κ1) is 19.0. The number of carboxylic acid groups (broad SMARTS) is 1. The van der Waals surface area contributed by atoms with Crippen molar-refractivity contribution in [1.82, 2.24) is 30.0 Å². The van der Waals surface area contributed by atoms with Crippen LogP contribution < -0.4 is 0 Å². The van der Waals surface area contributed by atoms with E-state index in [1.165, 1.54) is 4.80 Å². The number of benzene rings is 1. The maximum atomic E-state index is 12.9. The van der Waals surface area contributed by atoms with E-state index in [-0.39, 0.29) is 18.2 Å². The van der Waals surface area contributed by atoms with Gasteiger partial charge in [0, 0.05) is 37.7 Å². The van der Waals surface area contributed by atoms with Gasteiger partial charge in [0.15, 0.2) is 0 Å². The third-order valence-electron chi connectivity index (χ3n) is 6.18. The van der Waals surface area contributed by atoms with Crippen LogP contribution in [-0.4, -0.2) is 78.6 Å². The molecule has 4 rings (SSSR count). The Morgan fingerprint density at radius 3 is 2.34 bits per heavy atom. The number of aliphatic carboxylic acids is 1. The minimum Gasteiger partial charge on any atom is -0.481 e. The van der Waals surface area contributed by atoms with Crippen LogP contribution in [0.25, 0.3) is 11.4 Å². The fourth-order valence-corrected chi connectivity index (χ4v) is 4.43. The Kier molecular flexibility index (Phi) is 4.56.